The van der Waals surface area contributed by atoms with Crippen molar-refractivity contribution < 1.29 is 14.3 Å². The summed E-state index contributed by atoms with van der Waals surface area (Å²) in [5, 5.41) is 15.3. The molecule has 2 aromatic carbocycles. The normalized spacial score (nSPS) is 11.4. The van der Waals surface area contributed by atoms with E-state index in [-0.39, 0.29) is 17.7 Å². The number of amidine groups is 1. The van der Waals surface area contributed by atoms with Crippen LogP contribution in [0.25, 0.3) is 11.3 Å². The summed E-state index contributed by atoms with van der Waals surface area (Å²) in [6, 6.07) is 14.1. The van der Waals surface area contributed by atoms with Crippen LogP contribution in [0.2, 0.25) is 5.02 Å². The van der Waals surface area contributed by atoms with Crippen LogP contribution >= 0.6 is 11.6 Å². The number of anilines is 1. The summed E-state index contributed by atoms with van der Waals surface area (Å²) in [5.41, 5.74) is 8.36. The molecule has 0 saturated carbocycles. The molecule has 0 spiro atoms. The molecule has 0 atom stereocenters. The Hall–Kier alpha value is -3.39. The third-order valence-electron chi connectivity index (χ3n) is 4.37. The van der Waals surface area contributed by atoms with Crippen molar-refractivity contribution in [2.24, 2.45) is 10.9 Å². The van der Waals surface area contributed by atoms with Gasteiger partial charge in [-0.05, 0) is 30.2 Å². The third kappa shape index (κ3) is 5.36. The number of nitrogens with two attached hydrogens (primary N) is 1. The van der Waals surface area contributed by atoms with E-state index in [2.05, 4.69) is 20.4 Å². The molecule has 30 heavy (non-hydrogen) atoms. The van der Waals surface area contributed by atoms with Gasteiger partial charge in [-0.25, -0.2) is 4.39 Å². The van der Waals surface area contributed by atoms with E-state index >= 15 is 0 Å². The van der Waals surface area contributed by atoms with Crippen molar-refractivity contribution >= 4 is 23.3 Å². The third-order valence-corrected chi connectivity index (χ3v) is 4.72. The molecule has 3 rings (SSSR count). The predicted molar refractivity (Wildman–Crippen MR) is 115 cm³/mol. The zero-order valence-corrected chi connectivity index (χ0v) is 17.0. The largest absolute Gasteiger partial charge is 0.467 e. The summed E-state index contributed by atoms with van der Waals surface area (Å²) in [7, 11) is 1.48. The second-order valence-electron chi connectivity index (χ2n) is 6.47. The van der Waals surface area contributed by atoms with Gasteiger partial charge in [-0.3, -0.25) is 0 Å². The maximum Gasteiger partial charge on any atom is 0.318 e. The SMILES string of the molecule is COc1nc(NCCc2c(F)cccc2Cl)cc(-c2cccc(C/C(N)=N/O)c2)n1. The summed E-state index contributed by atoms with van der Waals surface area (Å²) in [6.45, 7) is 0.420. The molecule has 0 amide bonds. The number of hydrogen-bond acceptors (Lipinski definition) is 6. The number of rotatable bonds is 8. The quantitative estimate of drug-likeness (QED) is 0.217. The molecular weight excluding hydrogens is 409 g/mol. The molecule has 4 N–H and O–H groups in total. The average Bonchev–Trinajstić information content (AvgIpc) is 2.75. The summed E-state index contributed by atoms with van der Waals surface area (Å²) >= 11 is 6.08. The van der Waals surface area contributed by atoms with Gasteiger partial charge in [0.05, 0.1) is 12.8 Å². The molecule has 3 aromatic rings. The number of nitrogens with zero attached hydrogens (tertiary/aromatic N) is 3. The maximum absolute atomic E-state index is 13.9. The van der Waals surface area contributed by atoms with Gasteiger partial charge in [-0.1, -0.05) is 41.0 Å². The fourth-order valence-electron chi connectivity index (χ4n) is 2.93. The molecule has 0 aliphatic rings. The van der Waals surface area contributed by atoms with Crippen LogP contribution in [0, 0.1) is 5.82 Å². The highest BCUT2D eigenvalue weighted by atomic mass is 35.5. The van der Waals surface area contributed by atoms with Gasteiger partial charge in [0.25, 0.3) is 0 Å². The first-order valence-electron chi connectivity index (χ1n) is 9.15. The number of hydrogen-bond donors (Lipinski definition) is 3. The van der Waals surface area contributed by atoms with E-state index < -0.39 is 0 Å². The van der Waals surface area contributed by atoms with Crippen molar-refractivity contribution in [3.8, 4) is 17.3 Å². The molecule has 0 unspecified atom stereocenters. The minimum absolute atomic E-state index is 0.113. The number of benzene rings is 2. The zero-order chi connectivity index (χ0) is 21.5. The molecule has 1 aromatic heterocycles. The average molecular weight is 430 g/mol. The summed E-state index contributed by atoms with van der Waals surface area (Å²) in [6.07, 6.45) is 0.698. The van der Waals surface area contributed by atoms with Crippen LogP contribution < -0.4 is 15.8 Å². The standard InChI is InChI=1S/C21H21ClFN5O2/c1-30-21-26-18(14-5-2-4-13(10-14)11-19(24)28-29)12-20(27-21)25-9-8-15-16(22)6-3-7-17(15)23/h2-7,10,12,29H,8-9,11H2,1H3,(H2,24,28)(H,25,26,27). The van der Waals surface area contributed by atoms with Crippen molar-refractivity contribution in [2.75, 3.05) is 19.0 Å². The molecular formula is C21H21ClFN5O2. The van der Waals surface area contributed by atoms with Crippen LogP contribution in [-0.4, -0.2) is 34.7 Å². The molecule has 1 heterocycles. The molecule has 9 heteroatoms. The summed E-state index contributed by atoms with van der Waals surface area (Å²) in [4.78, 5) is 8.69. The first-order chi connectivity index (χ1) is 14.5. The molecule has 0 aliphatic carbocycles. The van der Waals surface area contributed by atoms with Crippen LogP contribution in [0.1, 0.15) is 11.1 Å². The number of halogens is 2. The fraction of sp³-hybridized carbons (Fsp3) is 0.190. The lowest BCUT2D eigenvalue weighted by molar-refractivity contribution is 0.317. The van der Waals surface area contributed by atoms with Crippen molar-refractivity contribution in [1.82, 2.24) is 9.97 Å². The van der Waals surface area contributed by atoms with Gasteiger partial charge in [0.15, 0.2) is 0 Å². The number of aromatic nitrogens is 2. The minimum Gasteiger partial charge on any atom is -0.467 e. The smallest absolute Gasteiger partial charge is 0.318 e. The van der Waals surface area contributed by atoms with E-state index in [0.29, 0.717) is 41.5 Å². The van der Waals surface area contributed by atoms with Gasteiger partial charge in [-0.15, -0.1) is 0 Å². The Labute approximate surface area is 178 Å². The Morgan fingerprint density at radius 1 is 1.23 bits per heavy atom. The van der Waals surface area contributed by atoms with Crippen LogP contribution in [0.15, 0.2) is 53.7 Å². The predicted octanol–water partition coefficient (Wildman–Crippen LogP) is 3.89. The van der Waals surface area contributed by atoms with Crippen molar-refractivity contribution in [2.45, 2.75) is 12.8 Å². The fourth-order valence-corrected chi connectivity index (χ4v) is 3.18. The molecule has 0 aliphatic heterocycles. The van der Waals surface area contributed by atoms with E-state index in [9.17, 15) is 4.39 Å². The van der Waals surface area contributed by atoms with Gasteiger partial charge >= 0.3 is 6.01 Å². The molecule has 156 valence electrons. The highest BCUT2D eigenvalue weighted by Crippen LogP contribution is 2.24. The Kier molecular flexibility index (Phi) is 7.03. The van der Waals surface area contributed by atoms with E-state index in [0.717, 1.165) is 11.1 Å². The van der Waals surface area contributed by atoms with E-state index in [1.165, 1.54) is 13.2 Å². The molecule has 0 fully saturated rings. The van der Waals surface area contributed by atoms with Crippen molar-refractivity contribution in [1.29, 1.82) is 0 Å². The Morgan fingerprint density at radius 2 is 2.03 bits per heavy atom. The van der Waals surface area contributed by atoms with Gasteiger partial charge < -0.3 is 21.0 Å². The number of methoxy groups -OCH3 is 1. The topological polar surface area (TPSA) is 106 Å². The Balaban J connectivity index is 1.79. The molecule has 0 radical (unpaired) electrons. The van der Waals surface area contributed by atoms with Gasteiger partial charge in [0.2, 0.25) is 0 Å². The first-order valence-corrected chi connectivity index (χ1v) is 9.53. The maximum atomic E-state index is 13.9. The van der Waals surface area contributed by atoms with Gasteiger partial charge in [-0.2, -0.15) is 9.97 Å². The van der Waals surface area contributed by atoms with Crippen molar-refractivity contribution in [3.63, 3.8) is 0 Å². The number of ether oxygens (including phenoxy) is 1. The summed E-state index contributed by atoms with van der Waals surface area (Å²) < 4.78 is 19.2. The Morgan fingerprint density at radius 3 is 2.77 bits per heavy atom. The van der Waals surface area contributed by atoms with Gasteiger partial charge in [0.1, 0.15) is 17.5 Å². The second kappa shape index (κ2) is 9.89. The van der Waals surface area contributed by atoms with Crippen LogP contribution in [-0.2, 0) is 12.8 Å². The number of nitrogens with one attached hydrogen (secondary N) is 1. The molecule has 0 saturated heterocycles. The molecule has 7 nitrogen and oxygen atoms in total. The Bertz CT molecular complexity index is 1040. The molecule has 0 bridgehead atoms. The van der Waals surface area contributed by atoms with Crippen LogP contribution in [0.4, 0.5) is 10.2 Å². The lowest BCUT2D eigenvalue weighted by Crippen LogP contribution is -2.14. The van der Waals surface area contributed by atoms with Crippen molar-refractivity contribution in [3.05, 3.63) is 70.5 Å². The van der Waals surface area contributed by atoms with Crippen LogP contribution in [0.3, 0.4) is 0 Å². The minimum atomic E-state index is -0.340. The van der Waals surface area contributed by atoms with E-state index in [1.807, 2.05) is 24.3 Å². The van der Waals surface area contributed by atoms with E-state index in [4.69, 9.17) is 27.3 Å². The lowest BCUT2D eigenvalue weighted by atomic mass is 10.1. The summed E-state index contributed by atoms with van der Waals surface area (Å²) in [5.74, 6) is 0.306. The van der Waals surface area contributed by atoms with E-state index in [1.54, 1.807) is 18.2 Å². The number of oxime groups is 1. The van der Waals surface area contributed by atoms with Gasteiger partial charge in [0, 0.05) is 35.2 Å². The first kappa shape index (κ1) is 21.3. The highest BCUT2D eigenvalue weighted by molar-refractivity contribution is 6.31. The highest BCUT2D eigenvalue weighted by Gasteiger charge is 2.10. The zero-order valence-electron chi connectivity index (χ0n) is 16.3. The lowest BCUT2D eigenvalue weighted by Gasteiger charge is -2.11. The van der Waals surface area contributed by atoms with Crippen LogP contribution in [0.5, 0.6) is 6.01 Å². The monoisotopic (exact) mass is 429 g/mol. The second-order valence-corrected chi connectivity index (χ2v) is 6.88.